The summed E-state index contributed by atoms with van der Waals surface area (Å²) in [7, 11) is 3.29. The van der Waals surface area contributed by atoms with Crippen molar-refractivity contribution in [2.75, 3.05) is 27.3 Å². The molecule has 1 atom stereocenters. The SMILES string of the molecule is CC[C@H]1CCN(C(=O)NC2CC(OC)(OC)C2)C1. The third-order valence-electron chi connectivity index (χ3n) is 4.34. The second-order valence-electron chi connectivity index (χ2n) is 5.38. The van der Waals surface area contributed by atoms with E-state index in [1.807, 2.05) is 4.90 Å². The second kappa shape index (κ2) is 5.45. The quantitative estimate of drug-likeness (QED) is 0.777. The first-order valence-electron chi connectivity index (χ1n) is 6.78. The maximum absolute atomic E-state index is 12.0. The Bertz CT molecular complexity index is 297. The van der Waals surface area contributed by atoms with E-state index in [-0.39, 0.29) is 12.1 Å². The molecule has 1 aliphatic carbocycles. The van der Waals surface area contributed by atoms with E-state index in [1.54, 1.807) is 14.2 Å². The smallest absolute Gasteiger partial charge is 0.317 e. The predicted octanol–water partition coefficient (Wildman–Crippen LogP) is 1.58. The molecule has 0 radical (unpaired) electrons. The molecule has 2 rings (SSSR count). The Morgan fingerprint density at radius 3 is 2.56 bits per heavy atom. The Morgan fingerprint density at radius 1 is 1.39 bits per heavy atom. The number of ether oxygens (including phenoxy) is 2. The number of likely N-dealkylation sites (tertiary alicyclic amines) is 1. The van der Waals surface area contributed by atoms with E-state index < -0.39 is 5.79 Å². The van der Waals surface area contributed by atoms with Gasteiger partial charge >= 0.3 is 6.03 Å². The van der Waals surface area contributed by atoms with E-state index in [4.69, 9.17) is 9.47 Å². The number of carbonyl (C=O) groups is 1. The molecule has 18 heavy (non-hydrogen) atoms. The standard InChI is InChI=1S/C13H24N2O3/c1-4-10-5-6-15(9-10)12(16)14-11-7-13(8-11,17-2)18-3/h10-11H,4-9H2,1-3H3,(H,14,16)/t10-/m0/s1. The van der Waals surface area contributed by atoms with Crippen LogP contribution in [-0.4, -0.2) is 50.1 Å². The highest BCUT2D eigenvalue weighted by molar-refractivity contribution is 5.75. The minimum absolute atomic E-state index is 0.0664. The number of amides is 2. The van der Waals surface area contributed by atoms with E-state index in [0.29, 0.717) is 5.92 Å². The van der Waals surface area contributed by atoms with Crippen LogP contribution in [0.4, 0.5) is 4.79 Å². The van der Waals surface area contributed by atoms with Gasteiger partial charge in [-0.3, -0.25) is 0 Å². The molecule has 5 nitrogen and oxygen atoms in total. The lowest BCUT2D eigenvalue weighted by molar-refractivity contribution is -0.258. The lowest BCUT2D eigenvalue weighted by Crippen LogP contribution is -2.58. The molecule has 0 aromatic rings. The van der Waals surface area contributed by atoms with Gasteiger partial charge in [0.2, 0.25) is 0 Å². The Balaban J connectivity index is 1.74. The zero-order valence-electron chi connectivity index (χ0n) is 11.6. The summed E-state index contributed by atoms with van der Waals surface area (Å²) in [4.78, 5) is 14.0. The van der Waals surface area contributed by atoms with Crippen LogP contribution >= 0.6 is 0 Å². The Kier molecular flexibility index (Phi) is 4.12. The molecular formula is C13H24N2O3. The van der Waals surface area contributed by atoms with Crippen LogP contribution in [0.15, 0.2) is 0 Å². The summed E-state index contributed by atoms with van der Waals surface area (Å²) in [5.41, 5.74) is 0. The van der Waals surface area contributed by atoms with E-state index in [2.05, 4.69) is 12.2 Å². The van der Waals surface area contributed by atoms with Crippen LogP contribution in [0.25, 0.3) is 0 Å². The largest absolute Gasteiger partial charge is 0.353 e. The third-order valence-corrected chi connectivity index (χ3v) is 4.34. The van der Waals surface area contributed by atoms with Crippen LogP contribution in [0, 0.1) is 5.92 Å². The van der Waals surface area contributed by atoms with Crippen molar-refractivity contribution in [3.05, 3.63) is 0 Å². The van der Waals surface area contributed by atoms with Gasteiger partial charge in [0.1, 0.15) is 0 Å². The monoisotopic (exact) mass is 256 g/mol. The van der Waals surface area contributed by atoms with E-state index in [1.165, 1.54) is 0 Å². The Morgan fingerprint density at radius 2 is 2.06 bits per heavy atom. The lowest BCUT2D eigenvalue weighted by atomic mass is 9.85. The summed E-state index contributed by atoms with van der Waals surface area (Å²) >= 11 is 0. The van der Waals surface area contributed by atoms with Crippen LogP contribution in [-0.2, 0) is 9.47 Å². The van der Waals surface area contributed by atoms with Gasteiger partial charge in [0.25, 0.3) is 0 Å². The predicted molar refractivity (Wildman–Crippen MR) is 68.3 cm³/mol. The molecule has 1 heterocycles. The third kappa shape index (κ3) is 2.62. The van der Waals surface area contributed by atoms with Crippen molar-refractivity contribution < 1.29 is 14.3 Å². The van der Waals surface area contributed by atoms with E-state index in [9.17, 15) is 4.79 Å². The van der Waals surface area contributed by atoms with Gasteiger partial charge in [0.15, 0.2) is 5.79 Å². The lowest BCUT2D eigenvalue weighted by Gasteiger charge is -2.45. The van der Waals surface area contributed by atoms with E-state index >= 15 is 0 Å². The zero-order chi connectivity index (χ0) is 13.2. The van der Waals surface area contributed by atoms with Crippen LogP contribution in [0.2, 0.25) is 0 Å². The Hall–Kier alpha value is -0.810. The van der Waals surface area contributed by atoms with Crippen molar-refractivity contribution in [2.24, 2.45) is 5.92 Å². The zero-order valence-corrected chi connectivity index (χ0v) is 11.6. The average Bonchev–Trinajstić information content (AvgIpc) is 2.82. The van der Waals surface area contributed by atoms with Crippen molar-refractivity contribution >= 4 is 6.03 Å². The molecule has 104 valence electrons. The normalized spacial score (nSPS) is 27.1. The molecule has 0 aromatic heterocycles. The summed E-state index contributed by atoms with van der Waals surface area (Å²) in [6.45, 7) is 3.97. The van der Waals surface area contributed by atoms with Gasteiger partial charge in [-0.15, -0.1) is 0 Å². The highest BCUT2D eigenvalue weighted by atomic mass is 16.7. The van der Waals surface area contributed by atoms with Crippen molar-refractivity contribution in [2.45, 2.75) is 44.4 Å². The van der Waals surface area contributed by atoms with Gasteiger partial charge in [-0.1, -0.05) is 13.3 Å². The molecule has 2 fully saturated rings. The number of methoxy groups -OCH3 is 2. The molecule has 2 amide bonds. The first-order valence-corrected chi connectivity index (χ1v) is 6.78. The number of hydrogen-bond donors (Lipinski definition) is 1. The number of carbonyl (C=O) groups excluding carboxylic acids is 1. The molecule has 5 heteroatoms. The highest BCUT2D eigenvalue weighted by Crippen LogP contribution is 2.36. The fourth-order valence-electron chi connectivity index (χ4n) is 2.83. The molecule has 1 saturated heterocycles. The number of rotatable bonds is 4. The van der Waals surface area contributed by atoms with Crippen molar-refractivity contribution in [3.63, 3.8) is 0 Å². The minimum Gasteiger partial charge on any atom is -0.353 e. The fraction of sp³-hybridized carbons (Fsp3) is 0.923. The summed E-state index contributed by atoms with van der Waals surface area (Å²) in [6.07, 6.45) is 3.76. The van der Waals surface area contributed by atoms with Gasteiger partial charge in [0.05, 0.1) is 0 Å². The topological polar surface area (TPSA) is 50.8 Å². The van der Waals surface area contributed by atoms with Gasteiger partial charge in [-0.2, -0.15) is 0 Å². The van der Waals surface area contributed by atoms with Crippen molar-refractivity contribution in [1.29, 1.82) is 0 Å². The molecule has 1 N–H and O–H groups in total. The van der Waals surface area contributed by atoms with Crippen LogP contribution in [0.3, 0.4) is 0 Å². The van der Waals surface area contributed by atoms with Gasteiger partial charge in [-0.25, -0.2) is 4.79 Å². The van der Waals surface area contributed by atoms with Crippen molar-refractivity contribution in [3.8, 4) is 0 Å². The van der Waals surface area contributed by atoms with E-state index in [0.717, 1.165) is 38.8 Å². The van der Waals surface area contributed by atoms with Gasteiger partial charge in [0, 0.05) is 46.2 Å². The molecular weight excluding hydrogens is 232 g/mol. The molecule has 1 saturated carbocycles. The molecule has 1 aliphatic heterocycles. The maximum atomic E-state index is 12.0. The first kappa shape index (κ1) is 13.6. The minimum atomic E-state index is -0.477. The molecule has 0 spiro atoms. The number of hydrogen-bond acceptors (Lipinski definition) is 3. The Labute approximate surface area is 109 Å². The number of urea groups is 1. The maximum Gasteiger partial charge on any atom is 0.317 e. The average molecular weight is 256 g/mol. The summed E-state index contributed by atoms with van der Waals surface area (Å²) in [5.74, 6) is 0.198. The van der Waals surface area contributed by atoms with Gasteiger partial charge < -0.3 is 19.7 Å². The second-order valence-corrected chi connectivity index (χ2v) is 5.38. The molecule has 0 bridgehead atoms. The van der Waals surface area contributed by atoms with Gasteiger partial charge in [-0.05, 0) is 12.3 Å². The first-order chi connectivity index (χ1) is 8.62. The number of nitrogens with one attached hydrogen (secondary N) is 1. The summed E-state index contributed by atoms with van der Waals surface area (Å²) in [6, 6.07) is 0.245. The highest BCUT2D eigenvalue weighted by Gasteiger charge is 2.46. The summed E-state index contributed by atoms with van der Waals surface area (Å²) in [5, 5.41) is 3.05. The molecule has 0 aromatic carbocycles. The van der Waals surface area contributed by atoms with Crippen LogP contribution in [0.5, 0.6) is 0 Å². The fourth-order valence-corrected chi connectivity index (χ4v) is 2.83. The molecule has 2 aliphatic rings. The number of nitrogens with zero attached hydrogens (tertiary/aromatic N) is 1. The summed E-state index contributed by atoms with van der Waals surface area (Å²) < 4.78 is 10.6. The van der Waals surface area contributed by atoms with Crippen LogP contribution < -0.4 is 5.32 Å². The van der Waals surface area contributed by atoms with Crippen molar-refractivity contribution in [1.82, 2.24) is 10.2 Å². The molecule has 0 unspecified atom stereocenters. The van der Waals surface area contributed by atoms with Crippen LogP contribution in [0.1, 0.15) is 32.6 Å².